The van der Waals surface area contributed by atoms with Crippen molar-refractivity contribution in [3.05, 3.63) is 36.5 Å². The minimum absolute atomic E-state index is 0.628. The van der Waals surface area contributed by atoms with Crippen LogP contribution in [0.5, 0.6) is 5.75 Å². The summed E-state index contributed by atoms with van der Waals surface area (Å²) in [5.41, 5.74) is 0.959. The Kier molecular flexibility index (Phi) is 3.41. The van der Waals surface area contributed by atoms with Crippen LogP contribution in [0.4, 0.5) is 0 Å². The zero-order valence-corrected chi connectivity index (χ0v) is 9.07. The fourth-order valence-electron chi connectivity index (χ4n) is 1.43. The summed E-state index contributed by atoms with van der Waals surface area (Å²) in [6.07, 6.45) is 2.62. The lowest BCUT2D eigenvalue weighted by Gasteiger charge is -2.07. The van der Waals surface area contributed by atoms with Crippen LogP contribution in [-0.2, 0) is 0 Å². The number of nitrogens with zero attached hydrogens (tertiary/aromatic N) is 1. The van der Waals surface area contributed by atoms with Crippen molar-refractivity contribution in [3.63, 3.8) is 0 Å². The Morgan fingerprint density at radius 2 is 2.07 bits per heavy atom. The van der Waals surface area contributed by atoms with Gasteiger partial charge in [-0.3, -0.25) is 4.98 Å². The fraction of sp³-hybridized carbons (Fsp3) is 0.250. The quantitative estimate of drug-likeness (QED) is 0.584. The lowest BCUT2D eigenvalue weighted by molar-refractivity contribution is 0.322. The average Bonchev–Trinajstić information content (AvgIpc) is 2.30. The highest BCUT2D eigenvalue weighted by molar-refractivity contribution is 6.17. The molecule has 0 fully saturated rings. The van der Waals surface area contributed by atoms with E-state index in [4.69, 9.17) is 16.3 Å². The summed E-state index contributed by atoms with van der Waals surface area (Å²) in [6.45, 7) is 0.650. The zero-order valence-electron chi connectivity index (χ0n) is 8.32. The van der Waals surface area contributed by atoms with E-state index in [0.717, 1.165) is 23.1 Å². The Hall–Kier alpha value is -1.28. The first-order valence-corrected chi connectivity index (χ1v) is 5.48. The number of pyridine rings is 1. The maximum atomic E-state index is 5.64. The van der Waals surface area contributed by atoms with Gasteiger partial charge in [0.15, 0.2) is 0 Å². The first-order valence-electron chi connectivity index (χ1n) is 4.94. The number of ether oxygens (including phenoxy) is 1. The van der Waals surface area contributed by atoms with Gasteiger partial charge < -0.3 is 4.74 Å². The van der Waals surface area contributed by atoms with E-state index in [9.17, 15) is 0 Å². The average molecular weight is 222 g/mol. The van der Waals surface area contributed by atoms with Gasteiger partial charge in [0.1, 0.15) is 5.75 Å². The Morgan fingerprint density at radius 3 is 2.93 bits per heavy atom. The summed E-state index contributed by atoms with van der Waals surface area (Å²) in [7, 11) is 0. The molecule has 0 aliphatic heterocycles. The molecule has 2 nitrogen and oxygen atoms in total. The highest BCUT2D eigenvalue weighted by Crippen LogP contribution is 2.23. The molecule has 1 aromatic heterocycles. The predicted molar refractivity (Wildman–Crippen MR) is 62.6 cm³/mol. The molecule has 15 heavy (non-hydrogen) atoms. The van der Waals surface area contributed by atoms with Crippen molar-refractivity contribution in [1.29, 1.82) is 0 Å². The van der Waals surface area contributed by atoms with Crippen LogP contribution in [0.1, 0.15) is 6.42 Å². The van der Waals surface area contributed by atoms with Gasteiger partial charge in [-0.25, -0.2) is 0 Å². The smallest absolute Gasteiger partial charge is 0.130 e. The van der Waals surface area contributed by atoms with Crippen molar-refractivity contribution in [3.8, 4) is 5.75 Å². The van der Waals surface area contributed by atoms with E-state index in [0.29, 0.717) is 12.5 Å². The third-order valence-electron chi connectivity index (χ3n) is 2.14. The van der Waals surface area contributed by atoms with Crippen molar-refractivity contribution in [1.82, 2.24) is 4.98 Å². The number of rotatable bonds is 4. The van der Waals surface area contributed by atoms with E-state index < -0.39 is 0 Å². The molecular formula is C12H12ClNO. The molecule has 0 bridgehead atoms. The van der Waals surface area contributed by atoms with Crippen molar-refractivity contribution < 1.29 is 4.74 Å². The Morgan fingerprint density at radius 1 is 1.20 bits per heavy atom. The van der Waals surface area contributed by atoms with Crippen LogP contribution in [0.3, 0.4) is 0 Å². The monoisotopic (exact) mass is 221 g/mol. The minimum atomic E-state index is 0.628. The Balaban J connectivity index is 2.26. The van der Waals surface area contributed by atoms with Crippen LogP contribution in [0.2, 0.25) is 0 Å². The number of fused-ring (bicyclic) bond motifs is 1. The number of aromatic nitrogens is 1. The van der Waals surface area contributed by atoms with Gasteiger partial charge in [-0.1, -0.05) is 12.1 Å². The predicted octanol–water partition coefficient (Wildman–Crippen LogP) is 3.24. The maximum absolute atomic E-state index is 5.64. The van der Waals surface area contributed by atoms with Gasteiger partial charge in [-0.15, -0.1) is 11.6 Å². The van der Waals surface area contributed by atoms with Gasteiger partial charge in [0.05, 0.1) is 12.1 Å². The molecule has 0 N–H and O–H groups in total. The fourth-order valence-corrected chi connectivity index (χ4v) is 1.54. The van der Waals surface area contributed by atoms with Crippen LogP contribution in [-0.4, -0.2) is 17.5 Å². The highest BCUT2D eigenvalue weighted by atomic mass is 35.5. The molecule has 1 heterocycles. The summed E-state index contributed by atoms with van der Waals surface area (Å²) in [4.78, 5) is 4.26. The number of benzene rings is 1. The van der Waals surface area contributed by atoms with Crippen LogP contribution in [0.15, 0.2) is 36.5 Å². The van der Waals surface area contributed by atoms with Gasteiger partial charge >= 0.3 is 0 Å². The molecule has 3 heteroatoms. The van der Waals surface area contributed by atoms with Crippen LogP contribution in [0.25, 0.3) is 10.9 Å². The van der Waals surface area contributed by atoms with Crippen LogP contribution >= 0.6 is 11.6 Å². The topological polar surface area (TPSA) is 22.1 Å². The van der Waals surface area contributed by atoms with Gasteiger partial charge in [-0.2, -0.15) is 0 Å². The number of halogens is 1. The number of hydrogen-bond donors (Lipinski definition) is 0. The van der Waals surface area contributed by atoms with Gasteiger partial charge in [0, 0.05) is 17.5 Å². The Bertz CT molecular complexity index is 439. The van der Waals surface area contributed by atoms with Crippen molar-refractivity contribution in [2.45, 2.75) is 6.42 Å². The lowest BCUT2D eigenvalue weighted by Crippen LogP contribution is -1.98. The van der Waals surface area contributed by atoms with Crippen molar-refractivity contribution in [2.24, 2.45) is 0 Å². The standard InChI is InChI=1S/C12H12ClNO/c13-7-3-9-15-12-6-8-14-11-5-2-1-4-10(11)12/h1-2,4-6,8H,3,7,9H2. The molecule has 2 rings (SSSR count). The van der Waals surface area contributed by atoms with E-state index in [-0.39, 0.29) is 0 Å². The molecule has 0 unspecified atom stereocenters. The molecule has 0 atom stereocenters. The van der Waals surface area contributed by atoms with Crippen molar-refractivity contribution >= 4 is 22.5 Å². The third kappa shape index (κ3) is 2.39. The van der Waals surface area contributed by atoms with E-state index in [1.54, 1.807) is 6.20 Å². The second-order valence-electron chi connectivity index (χ2n) is 3.22. The highest BCUT2D eigenvalue weighted by Gasteiger charge is 2.01. The molecule has 2 aromatic rings. The molecule has 0 saturated carbocycles. The van der Waals surface area contributed by atoms with E-state index in [2.05, 4.69) is 4.98 Å². The molecule has 0 aliphatic carbocycles. The second kappa shape index (κ2) is 4.99. The first kappa shape index (κ1) is 10.2. The number of para-hydroxylation sites is 1. The summed E-state index contributed by atoms with van der Waals surface area (Å²) < 4.78 is 5.64. The van der Waals surface area contributed by atoms with Crippen LogP contribution < -0.4 is 4.74 Å². The van der Waals surface area contributed by atoms with Crippen LogP contribution in [0, 0.1) is 0 Å². The van der Waals surface area contributed by atoms with Gasteiger partial charge in [0.25, 0.3) is 0 Å². The second-order valence-corrected chi connectivity index (χ2v) is 3.60. The van der Waals surface area contributed by atoms with Crippen molar-refractivity contribution in [2.75, 3.05) is 12.5 Å². The van der Waals surface area contributed by atoms with E-state index in [1.165, 1.54) is 0 Å². The number of alkyl halides is 1. The van der Waals surface area contributed by atoms with Gasteiger partial charge in [-0.05, 0) is 24.6 Å². The molecule has 0 radical (unpaired) electrons. The molecule has 0 amide bonds. The first-order chi connectivity index (χ1) is 7.42. The van der Waals surface area contributed by atoms with Gasteiger partial charge in [0.2, 0.25) is 0 Å². The summed E-state index contributed by atoms with van der Waals surface area (Å²) in [5.74, 6) is 1.51. The molecule has 78 valence electrons. The Labute approximate surface area is 93.8 Å². The minimum Gasteiger partial charge on any atom is -0.493 e. The normalized spacial score (nSPS) is 10.5. The molecular weight excluding hydrogens is 210 g/mol. The molecule has 1 aromatic carbocycles. The summed E-state index contributed by atoms with van der Waals surface area (Å²) in [6, 6.07) is 9.83. The molecule has 0 aliphatic rings. The number of hydrogen-bond acceptors (Lipinski definition) is 2. The third-order valence-corrected chi connectivity index (χ3v) is 2.41. The van der Waals surface area contributed by atoms with E-state index in [1.807, 2.05) is 30.3 Å². The summed E-state index contributed by atoms with van der Waals surface area (Å²) >= 11 is 5.59. The maximum Gasteiger partial charge on any atom is 0.130 e. The van der Waals surface area contributed by atoms with E-state index >= 15 is 0 Å². The summed E-state index contributed by atoms with van der Waals surface area (Å²) in [5, 5.41) is 1.05. The molecule has 0 saturated heterocycles. The largest absolute Gasteiger partial charge is 0.493 e. The zero-order chi connectivity index (χ0) is 10.5. The molecule has 0 spiro atoms. The SMILES string of the molecule is ClCCCOc1ccnc2ccccc12. The lowest BCUT2D eigenvalue weighted by atomic mass is 10.2.